The Morgan fingerprint density at radius 3 is 2.54 bits per heavy atom. The fourth-order valence-electron chi connectivity index (χ4n) is 4.16. The van der Waals surface area contributed by atoms with Gasteiger partial charge in [0.15, 0.2) is 0 Å². The van der Waals surface area contributed by atoms with Crippen LogP contribution >= 0.6 is 0 Å². The van der Waals surface area contributed by atoms with Gasteiger partial charge in [0.1, 0.15) is 0 Å². The predicted molar refractivity (Wildman–Crippen MR) is 102 cm³/mol. The molecule has 0 amide bonds. The molecule has 2 nitrogen and oxygen atoms in total. The van der Waals surface area contributed by atoms with Crippen molar-refractivity contribution >= 4 is 10.9 Å². The van der Waals surface area contributed by atoms with Crippen LogP contribution in [-0.2, 0) is 25.8 Å². The molecule has 0 bridgehead atoms. The fraction of sp³-hybridized carbons (Fsp3) is 0.364. The predicted octanol–water partition coefficient (Wildman–Crippen LogP) is 4.30. The Bertz CT molecular complexity index is 830. The lowest BCUT2D eigenvalue weighted by atomic mass is 9.91. The first kappa shape index (κ1) is 15.5. The molecular weight excluding hydrogens is 292 g/mol. The van der Waals surface area contributed by atoms with Gasteiger partial charge in [-0.2, -0.15) is 0 Å². The lowest BCUT2D eigenvalue weighted by Crippen LogP contribution is -2.33. The highest BCUT2D eigenvalue weighted by Gasteiger charge is 2.26. The van der Waals surface area contributed by atoms with Crippen LogP contribution in [0.3, 0.4) is 0 Å². The number of rotatable bonds is 4. The number of aryl methyl sites for hydroxylation is 2. The summed E-state index contributed by atoms with van der Waals surface area (Å²) in [5.74, 6) is 0. The van der Waals surface area contributed by atoms with Crippen molar-refractivity contribution in [3.8, 4) is 0 Å². The molecule has 1 aliphatic carbocycles. The van der Waals surface area contributed by atoms with Crippen molar-refractivity contribution in [2.75, 3.05) is 14.1 Å². The molecule has 1 aliphatic rings. The molecule has 0 saturated carbocycles. The quantitative estimate of drug-likeness (QED) is 0.696. The van der Waals surface area contributed by atoms with Gasteiger partial charge >= 0.3 is 0 Å². The summed E-state index contributed by atoms with van der Waals surface area (Å²) < 4.78 is 2.59. The maximum absolute atomic E-state index is 2.59. The van der Waals surface area contributed by atoms with Crippen LogP contribution < -0.4 is 0 Å². The second kappa shape index (κ2) is 6.45. The number of hydrogen-bond donors (Lipinski definition) is 0. The van der Waals surface area contributed by atoms with Gasteiger partial charge < -0.3 is 9.47 Å². The summed E-state index contributed by atoms with van der Waals surface area (Å²) in [7, 11) is 4.43. The van der Waals surface area contributed by atoms with Crippen molar-refractivity contribution in [2.45, 2.75) is 38.3 Å². The highest BCUT2D eigenvalue weighted by Crippen LogP contribution is 2.33. The maximum atomic E-state index is 2.59. The topological polar surface area (TPSA) is 8.17 Å². The molecule has 124 valence electrons. The molecular formula is C22H26N2. The summed E-state index contributed by atoms with van der Waals surface area (Å²) in [6.45, 7) is 1.08. The number of likely N-dealkylation sites (N-methyl/N-ethyl adjacent to an activating group) is 1. The molecule has 0 radical (unpaired) electrons. The fourth-order valence-corrected chi connectivity index (χ4v) is 4.16. The monoisotopic (exact) mass is 318 g/mol. The van der Waals surface area contributed by atoms with Crippen LogP contribution in [0.1, 0.15) is 23.2 Å². The Hall–Kier alpha value is -2.06. The van der Waals surface area contributed by atoms with Crippen LogP contribution in [0.15, 0.2) is 54.6 Å². The summed E-state index contributed by atoms with van der Waals surface area (Å²) in [5.41, 5.74) is 6.00. The van der Waals surface area contributed by atoms with E-state index in [0.717, 1.165) is 13.0 Å². The maximum Gasteiger partial charge on any atom is 0.0485 e. The third kappa shape index (κ3) is 2.76. The highest BCUT2D eigenvalue weighted by molar-refractivity contribution is 5.86. The number of fused-ring (bicyclic) bond motifs is 3. The molecule has 0 spiro atoms. The Morgan fingerprint density at radius 1 is 1.00 bits per heavy atom. The first-order valence-electron chi connectivity index (χ1n) is 9.03. The van der Waals surface area contributed by atoms with E-state index in [0.29, 0.717) is 6.04 Å². The van der Waals surface area contributed by atoms with E-state index in [1.807, 2.05) is 0 Å². The van der Waals surface area contributed by atoms with E-state index in [-0.39, 0.29) is 0 Å². The number of para-hydroxylation sites is 1. The van der Waals surface area contributed by atoms with Crippen LogP contribution in [0.4, 0.5) is 0 Å². The number of benzene rings is 2. The molecule has 2 aromatic carbocycles. The Kier molecular flexibility index (Phi) is 4.15. The van der Waals surface area contributed by atoms with Gasteiger partial charge in [0.25, 0.3) is 0 Å². The molecule has 1 aromatic heterocycles. The zero-order valence-corrected chi connectivity index (χ0v) is 14.7. The lowest BCUT2D eigenvalue weighted by molar-refractivity contribution is 0.266. The van der Waals surface area contributed by atoms with Crippen LogP contribution in [0.5, 0.6) is 0 Å². The molecule has 1 unspecified atom stereocenters. The number of hydrogen-bond acceptors (Lipinski definition) is 1. The van der Waals surface area contributed by atoms with Crippen molar-refractivity contribution in [2.24, 2.45) is 0 Å². The SMILES string of the molecule is CN(C)C1CCc2c(c3ccccc3n2CCc2ccccc2)C1. The minimum Gasteiger partial charge on any atom is -0.344 e. The van der Waals surface area contributed by atoms with E-state index in [2.05, 4.69) is 78.2 Å². The summed E-state index contributed by atoms with van der Waals surface area (Å²) in [6, 6.07) is 20.5. The van der Waals surface area contributed by atoms with Gasteiger partial charge in [0.05, 0.1) is 0 Å². The zero-order valence-electron chi connectivity index (χ0n) is 14.7. The molecule has 0 N–H and O–H groups in total. The van der Waals surface area contributed by atoms with Gasteiger partial charge in [-0.1, -0.05) is 48.5 Å². The van der Waals surface area contributed by atoms with Crippen LogP contribution in [0.2, 0.25) is 0 Å². The molecule has 0 fully saturated rings. The molecule has 24 heavy (non-hydrogen) atoms. The van der Waals surface area contributed by atoms with Crippen LogP contribution in [-0.4, -0.2) is 29.6 Å². The third-order valence-electron chi connectivity index (χ3n) is 5.55. The van der Waals surface area contributed by atoms with E-state index in [1.165, 1.54) is 35.7 Å². The average molecular weight is 318 g/mol. The molecule has 2 heteroatoms. The van der Waals surface area contributed by atoms with Gasteiger partial charge in [-0.15, -0.1) is 0 Å². The van der Waals surface area contributed by atoms with E-state index < -0.39 is 0 Å². The molecule has 4 rings (SSSR count). The lowest BCUT2D eigenvalue weighted by Gasteiger charge is -2.29. The highest BCUT2D eigenvalue weighted by atomic mass is 15.1. The molecule has 0 saturated heterocycles. The largest absolute Gasteiger partial charge is 0.344 e. The Labute approximate surface area is 144 Å². The van der Waals surface area contributed by atoms with E-state index in [1.54, 1.807) is 11.3 Å². The van der Waals surface area contributed by atoms with Crippen molar-refractivity contribution in [3.05, 3.63) is 71.4 Å². The van der Waals surface area contributed by atoms with Crippen molar-refractivity contribution in [1.29, 1.82) is 0 Å². The second-order valence-electron chi connectivity index (χ2n) is 7.19. The van der Waals surface area contributed by atoms with Gasteiger partial charge in [-0.3, -0.25) is 0 Å². The van der Waals surface area contributed by atoms with Gasteiger partial charge in [-0.25, -0.2) is 0 Å². The van der Waals surface area contributed by atoms with E-state index in [4.69, 9.17) is 0 Å². The van der Waals surface area contributed by atoms with E-state index in [9.17, 15) is 0 Å². The van der Waals surface area contributed by atoms with E-state index >= 15 is 0 Å². The summed E-state index contributed by atoms with van der Waals surface area (Å²) >= 11 is 0. The Morgan fingerprint density at radius 2 is 1.75 bits per heavy atom. The van der Waals surface area contributed by atoms with Crippen molar-refractivity contribution in [3.63, 3.8) is 0 Å². The molecule has 3 aromatic rings. The van der Waals surface area contributed by atoms with Crippen LogP contribution in [0, 0.1) is 0 Å². The van der Waals surface area contributed by atoms with Gasteiger partial charge in [0, 0.05) is 29.2 Å². The summed E-state index contributed by atoms with van der Waals surface area (Å²) in [5, 5.41) is 1.46. The normalized spacial score (nSPS) is 17.4. The average Bonchev–Trinajstić information content (AvgIpc) is 2.94. The number of aromatic nitrogens is 1. The molecule has 1 atom stereocenters. The minimum absolute atomic E-state index is 0.672. The van der Waals surface area contributed by atoms with Crippen LogP contribution in [0.25, 0.3) is 10.9 Å². The first-order valence-corrected chi connectivity index (χ1v) is 9.03. The third-order valence-corrected chi connectivity index (χ3v) is 5.55. The number of nitrogens with zero attached hydrogens (tertiary/aromatic N) is 2. The summed E-state index contributed by atoms with van der Waals surface area (Å²) in [6.07, 6.45) is 4.74. The second-order valence-corrected chi connectivity index (χ2v) is 7.19. The first-order chi connectivity index (χ1) is 11.7. The minimum atomic E-state index is 0.672. The van der Waals surface area contributed by atoms with Gasteiger partial charge in [0.2, 0.25) is 0 Å². The summed E-state index contributed by atoms with van der Waals surface area (Å²) in [4.78, 5) is 2.39. The smallest absolute Gasteiger partial charge is 0.0485 e. The Balaban J connectivity index is 1.71. The van der Waals surface area contributed by atoms with Crippen molar-refractivity contribution in [1.82, 2.24) is 9.47 Å². The standard InChI is InChI=1S/C22H26N2/c1-23(2)18-12-13-22-20(16-18)19-10-6-7-11-21(19)24(22)15-14-17-8-4-3-5-9-17/h3-11,18H,12-16H2,1-2H3. The van der Waals surface area contributed by atoms with Gasteiger partial charge in [-0.05, 0) is 57.0 Å². The van der Waals surface area contributed by atoms with Crippen molar-refractivity contribution < 1.29 is 0 Å². The zero-order chi connectivity index (χ0) is 16.5. The molecule has 0 aliphatic heterocycles. The molecule has 1 heterocycles.